The van der Waals surface area contributed by atoms with Crippen molar-refractivity contribution in [2.24, 2.45) is 11.8 Å². The van der Waals surface area contributed by atoms with Gasteiger partial charge in [0.1, 0.15) is 0 Å². The van der Waals surface area contributed by atoms with Gasteiger partial charge in [-0.15, -0.1) is 0 Å². The smallest absolute Gasteiger partial charge is 0.295 e. The van der Waals surface area contributed by atoms with Crippen LogP contribution in [0.25, 0.3) is 0 Å². The monoisotopic (exact) mass is 272 g/mol. The van der Waals surface area contributed by atoms with Crippen LogP contribution in [0, 0.1) is 11.8 Å². The third kappa shape index (κ3) is 4.84. The standard InChI is InChI=1S/C15H22F2O2/c1-3-11(4-2)10-15(16,17)14(19)8-6-12-5-7-13(18)9-12/h5,7,11-12H,3-4,6,8-10H2,1-2H3/t12-/m1/s1. The molecule has 0 aliphatic heterocycles. The summed E-state index contributed by atoms with van der Waals surface area (Å²) >= 11 is 0. The Morgan fingerprint density at radius 1 is 1.42 bits per heavy atom. The summed E-state index contributed by atoms with van der Waals surface area (Å²) in [6.45, 7) is 3.73. The minimum atomic E-state index is -3.22. The Bertz CT molecular complexity index is 357. The van der Waals surface area contributed by atoms with Gasteiger partial charge in [-0.25, -0.2) is 0 Å². The first-order valence-electron chi connectivity index (χ1n) is 7.01. The Kier molecular flexibility index (Phi) is 5.83. The molecule has 2 nitrogen and oxygen atoms in total. The molecular weight excluding hydrogens is 250 g/mol. The fraction of sp³-hybridized carbons (Fsp3) is 0.733. The number of allylic oxidation sites excluding steroid dienone is 2. The predicted molar refractivity (Wildman–Crippen MR) is 70.1 cm³/mol. The Morgan fingerprint density at radius 3 is 2.53 bits per heavy atom. The van der Waals surface area contributed by atoms with Crippen LogP contribution in [0.2, 0.25) is 0 Å². The Labute approximate surface area is 113 Å². The van der Waals surface area contributed by atoms with Gasteiger partial charge < -0.3 is 0 Å². The molecule has 0 amide bonds. The van der Waals surface area contributed by atoms with Gasteiger partial charge >= 0.3 is 5.92 Å². The summed E-state index contributed by atoms with van der Waals surface area (Å²) in [5.41, 5.74) is 0. The molecule has 0 N–H and O–H groups in total. The Hall–Kier alpha value is -1.06. The second-order valence-corrected chi connectivity index (χ2v) is 5.34. The molecule has 1 aliphatic carbocycles. The number of rotatable bonds is 8. The van der Waals surface area contributed by atoms with E-state index in [2.05, 4.69) is 0 Å². The van der Waals surface area contributed by atoms with Crippen molar-refractivity contribution < 1.29 is 18.4 Å². The summed E-state index contributed by atoms with van der Waals surface area (Å²) in [6.07, 6.45) is 4.73. The third-order valence-corrected chi connectivity index (χ3v) is 3.87. The molecule has 0 heterocycles. The van der Waals surface area contributed by atoms with Gasteiger partial charge in [-0.2, -0.15) is 8.78 Å². The molecule has 0 fully saturated rings. The average Bonchev–Trinajstić information content (AvgIpc) is 2.78. The minimum Gasteiger partial charge on any atom is -0.295 e. The van der Waals surface area contributed by atoms with E-state index in [9.17, 15) is 18.4 Å². The van der Waals surface area contributed by atoms with Gasteiger partial charge in [0.05, 0.1) is 0 Å². The van der Waals surface area contributed by atoms with Gasteiger partial charge in [-0.05, 0) is 24.3 Å². The van der Waals surface area contributed by atoms with Gasteiger partial charge in [0.25, 0.3) is 0 Å². The fourth-order valence-corrected chi connectivity index (χ4v) is 2.39. The molecule has 108 valence electrons. The third-order valence-electron chi connectivity index (χ3n) is 3.87. The fourth-order valence-electron chi connectivity index (χ4n) is 2.39. The van der Waals surface area contributed by atoms with Gasteiger partial charge in [-0.3, -0.25) is 9.59 Å². The molecule has 0 radical (unpaired) electrons. The van der Waals surface area contributed by atoms with E-state index >= 15 is 0 Å². The molecule has 0 saturated carbocycles. The largest absolute Gasteiger partial charge is 0.305 e. The van der Waals surface area contributed by atoms with Crippen molar-refractivity contribution in [2.45, 2.75) is 58.3 Å². The normalized spacial score (nSPS) is 19.4. The molecule has 0 aromatic heterocycles. The number of carbonyl (C=O) groups excluding carboxylic acids is 2. The highest BCUT2D eigenvalue weighted by Gasteiger charge is 2.39. The van der Waals surface area contributed by atoms with Crippen molar-refractivity contribution in [2.75, 3.05) is 0 Å². The Balaban J connectivity index is 2.42. The summed E-state index contributed by atoms with van der Waals surface area (Å²) in [6, 6.07) is 0. The van der Waals surface area contributed by atoms with Crippen LogP contribution >= 0.6 is 0 Å². The summed E-state index contributed by atoms with van der Waals surface area (Å²) in [4.78, 5) is 22.6. The van der Waals surface area contributed by atoms with Gasteiger partial charge in [0, 0.05) is 19.3 Å². The quantitative estimate of drug-likeness (QED) is 0.670. The maximum Gasteiger partial charge on any atom is 0.305 e. The lowest BCUT2D eigenvalue weighted by Gasteiger charge is -2.20. The van der Waals surface area contributed by atoms with E-state index in [0.717, 1.165) is 0 Å². The van der Waals surface area contributed by atoms with Crippen molar-refractivity contribution in [3.05, 3.63) is 12.2 Å². The molecule has 0 aromatic carbocycles. The number of carbonyl (C=O) groups is 2. The van der Waals surface area contributed by atoms with Crippen LogP contribution in [-0.4, -0.2) is 17.5 Å². The number of Topliss-reactive ketones (excluding diaryl/α,β-unsaturated/α-hetero) is 1. The molecule has 19 heavy (non-hydrogen) atoms. The maximum atomic E-state index is 13.8. The predicted octanol–water partition coefficient (Wildman–Crippen LogP) is 3.94. The summed E-state index contributed by atoms with van der Waals surface area (Å²) < 4.78 is 27.5. The van der Waals surface area contributed by atoms with Crippen LogP contribution in [0.5, 0.6) is 0 Å². The summed E-state index contributed by atoms with van der Waals surface area (Å²) in [5.74, 6) is -4.33. The summed E-state index contributed by atoms with van der Waals surface area (Å²) in [5, 5.41) is 0. The number of hydrogen-bond donors (Lipinski definition) is 0. The van der Waals surface area contributed by atoms with Gasteiger partial charge in [-0.1, -0.05) is 32.8 Å². The van der Waals surface area contributed by atoms with E-state index < -0.39 is 11.7 Å². The van der Waals surface area contributed by atoms with Crippen molar-refractivity contribution in [1.29, 1.82) is 0 Å². The molecule has 1 rings (SSSR count). The van der Waals surface area contributed by atoms with E-state index in [0.29, 0.717) is 25.7 Å². The van der Waals surface area contributed by atoms with Crippen LogP contribution in [0.3, 0.4) is 0 Å². The molecular formula is C15H22F2O2. The van der Waals surface area contributed by atoms with Crippen LogP contribution in [0.1, 0.15) is 52.4 Å². The highest BCUT2D eigenvalue weighted by atomic mass is 19.3. The first-order valence-corrected chi connectivity index (χ1v) is 7.01. The van der Waals surface area contributed by atoms with Crippen molar-refractivity contribution in [3.63, 3.8) is 0 Å². The molecule has 0 bridgehead atoms. The topological polar surface area (TPSA) is 34.1 Å². The molecule has 1 aliphatic rings. The minimum absolute atomic E-state index is 0.0150. The van der Waals surface area contributed by atoms with Crippen LogP contribution < -0.4 is 0 Å². The highest BCUT2D eigenvalue weighted by molar-refractivity contribution is 5.92. The zero-order valence-electron chi connectivity index (χ0n) is 11.6. The lowest BCUT2D eigenvalue weighted by atomic mass is 9.91. The number of halogens is 2. The highest BCUT2D eigenvalue weighted by Crippen LogP contribution is 2.31. The first kappa shape index (κ1) is 16.0. The van der Waals surface area contributed by atoms with E-state index in [1.54, 1.807) is 6.08 Å². The average molecular weight is 272 g/mol. The van der Waals surface area contributed by atoms with Crippen LogP contribution in [0.4, 0.5) is 8.78 Å². The molecule has 0 aromatic rings. The zero-order chi connectivity index (χ0) is 14.5. The molecule has 0 saturated heterocycles. The second kappa shape index (κ2) is 6.92. The molecule has 0 unspecified atom stereocenters. The van der Waals surface area contributed by atoms with E-state index in [4.69, 9.17) is 0 Å². The van der Waals surface area contributed by atoms with Gasteiger partial charge in [0.15, 0.2) is 5.78 Å². The lowest BCUT2D eigenvalue weighted by Crippen LogP contribution is -2.31. The van der Waals surface area contributed by atoms with E-state index in [1.807, 2.05) is 13.8 Å². The Morgan fingerprint density at radius 2 is 2.05 bits per heavy atom. The SMILES string of the molecule is CCC(CC)CC(F)(F)C(=O)CC[C@H]1C=CC(=O)C1. The van der Waals surface area contributed by atoms with Crippen LogP contribution in [-0.2, 0) is 9.59 Å². The second-order valence-electron chi connectivity index (χ2n) is 5.34. The zero-order valence-corrected chi connectivity index (χ0v) is 11.6. The number of ketones is 2. The van der Waals surface area contributed by atoms with Gasteiger partial charge in [0.2, 0.25) is 5.78 Å². The van der Waals surface area contributed by atoms with E-state index in [1.165, 1.54) is 6.08 Å². The number of hydrogen-bond acceptors (Lipinski definition) is 2. The van der Waals surface area contributed by atoms with Crippen molar-refractivity contribution >= 4 is 11.6 Å². The number of alkyl halides is 2. The van der Waals surface area contributed by atoms with Crippen molar-refractivity contribution in [1.82, 2.24) is 0 Å². The molecule has 4 heteroatoms. The van der Waals surface area contributed by atoms with E-state index in [-0.39, 0.29) is 30.5 Å². The molecule has 1 atom stereocenters. The van der Waals surface area contributed by atoms with Crippen LogP contribution in [0.15, 0.2) is 12.2 Å². The first-order chi connectivity index (χ1) is 8.89. The van der Waals surface area contributed by atoms with Crippen molar-refractivity contribution in [3.8, 4) is 0 Å². The lowest BCUT2D eigenvalue weighted by molar-refractivity contribution is -0.146. The maximum absolute atomic E-state index is 13.8. The summed E-state index contributed by atoms with van der Waals surface area (Å²) in [7, 11) is 0. The molecule has 0 spiro atoms.